The second-order valence-corrected chi connectivity index (χ2v) is 8.95. The lowest BCUT2D eigenvalue weighted by Crippen LogP contribution is -2.47. The Labute approximate surface area is 187 Å². The van der Waals surface area contributed by atoms with E-state index < -0.39 is 4.92 Å². The molecule has 0 bridgehead atoms. The maximum absolute atomic E-state index is 12.9. The standard InChI is InChI=1S/C19H19Cl2N5O3S/c20-12-4-5-16(14(21)8-12)25-17(18-9-13(11-30-18)26(28)29)10-15(22-25)19(27)23-24-6-2-1-3-7-24/h4-5,8-9,11,17H,1-3,6-7,10H2,(H,23,27). The van der Waals surface area contributed by atoms with Crippen molar-refractivity contribution in [1.29, 1.82) is 0 Å². The van der Waals surface area contributed by atoms with Crippen LogP contribution in [0.4, 0.5) is 11.4 Å². The summed E-state index contributed by atoms with van der Waals surface area (Å²) in [6.07, 6.45) is 3.56. The molecular weight excluding hydrogens is 449 g/mol. The molecule has 1 unspecified atom stereocenters. The Hall–Kier alpha value is -2.20. The molecule has 3 heterocycles. The lowest BCUT2D eigenvalue weighted by atomic mass is 10.1. The zero-order valence-corrected chi connectivity index (χ0v) is 18.2. The number of piperidine rings is 1. The molecule has 11 heteroatoms. The smallest absolute Gasteiger partial charge is 0.281 e. The molecule has 1 aromatic carbocycles. The molecular formula is C19H19Cl2N5O3S. The Balaban J connectivity index is 1.63. The van der Waals surface area contributed by atoms with Gasteiger partial charge in [-0.15, -0.1) is 11.3 Å². The van der Waals surface area contributed by atoms with Gasteiger partial charge in [-0.1, -0.05) is 29.6 Å². The largest absolute Gasteiger partial charge is 0.284 e. The van der Waals surface area contributed by atoms with Gasteiger partial charge < -0.3 is 0 Å². The van der Waals surface area contributed by atoms with Crippen LogP contribution in [-0.2, 0) is 4.79 Å². The number of nitrogens with one attached hydrogen (secondary N) is 1. The van der Waals surface area contributed by atoms with Crippen LogP contribution in [0, 0.1) is 10.1 Å². The van der Waals surface area contributed by atoms with Crippen LogP contribution < -0.4 is 10.4 Å². The fraction of sp³-hybridized carbons (Fsp3) is 0.368. The molecule has 8 nitrogen and oxygen atoms in total. The van der Waals surface area contributed by atoms with Gasteiger partial charge in [0.25, 0.3) is 11.6 Å². The van der Waals surface area contributed by atoms with Gasteiger partial charge in [0.15, 0.2) is 0 Å². The SMILES string of the molecule is O=C(NN1CCCCC1)C1=NN(c2ccc(Cl)cc2Cl)C(c2cc([N+](=O)[O-])cs2)C1. The number of carbonyl (C=O) groups is 1. The monoisotopic (exact) mass is 467 g/mol. The van der Waals surface area contributed by atoms with E-state index in [0.717, 1.165) is 37.2 Å². The van der Waals surface area contributed by atoms with Crippen LogP contribution in [0.3, 0.4) is 0 Å². The molecule has 2 aliphatic rings. The topological polar surface area (TPSA) is 91.1 Å². The van der Waals surface area contributed by atoms with Gasteiger partial charge in [0.2, 0.25) is 0 Å². The van der Waals surface area contributed by atoms with Crippen molar-refractivity contribution in [3.8, 4) is 0 Å². The highest BCUT2D eigenvalue weighted by Gasteiger charge is 2.35. The van der Waals surface area contributed by atoms with Crippen LogP contribution in [0.25, 0.3) is 0 Å². The van der Waals surface area contributed by atoms with E-state index in [2.05, 4.69) is 10.5 Å². The maximum Gasteiger partial charge on any atom is 0.281 e. The summed E-state index contributed by atoms with van der Waals surface area (Å²) in [5, 5.41) is 21.6. The van der Waals surface area contributed by atoms with Gasteiger partial charge in [-0.2, -0.15) is 5.10 Å². The summed E-state index contributed by atoms with van der Waals surface area (Å²) in [6, 6.07) is 6.18. The van der Waals surface area contributed by atoms with E-state index in [-0.39, 0.29) is 17.6 Å². The summed E-state index contributed by atoms with van der Waals surface area (Å²) in [5.41, 5.74) is 3.89. The van der Waals surface area contributed by atoms with Crippen LogP contribution in [-0.4, -0.2) is 34.6 Å². The number of halogens is 2. The van der Waals surface area contributed by atoms with Crippen molar-refractivity contribution < 1.29 is 9.72 Å². The van der Waals surface area contributed by atoms with Gasteiger partial charge in [-0.05, 0) is 31.0 Å². The van der Waals surface area contributed by atoms with Gasteiger partial charge in [-0.25, -0.2) is 5.01 Å². The number of carbonyl (C=O) groups excluding carboxylic acids is 1. The number of amides is 1. The van der Waals surface area contributed by atoms with E-state index in [1.807, 2.05) is 5.01 Å². The first-order valence-electron chi connectivity index (χ1n) is 9.53. The van der Waals surface area contributed by atoms with Gasteiger partial charge in [0.05, 0.1) is 27.1 Å². The molecule has 2 aromatic rings. The number of hydrogen-bond acceptors (Lipinski definition) is 7. The van der Waals surface area contributed by atoms with Crippen molar-refractivity contribution in [3.05, 3.63) is 54.7 Å². The third-order valence-corrected chi connectivity index (χ3v) is 6.65. The Morgan fingerprint density at radius 1 is 1.23 bits per heavy atom. The Morgan fingerprint density at radius 3 is 2.67 bits per heavy atom. The van der Waals surface area contributed by atoms with E-state index in [1.54, 1.807) is 23.2 Å². The minimum Gasteiger partial charge on any atom is -0.284 e. The molecule has 1 aromatic heterocycles. The zero-order chi connectivity index (χ0) is 21.3. The second kappa shape index (κ2) is 8.89. The molecule has 1 N–H and O–H groups in total. The van der Waals surface area contributed by atoms with Crippen molar-refractivity contribution >= 4 is 57.5 Å². The predicted molar refractivity (Wildman–Crippen MR) is 118 cm³/mol. The third-order valence-electron chi connectivity index (χ3n) is 5.09. The van der Waals surface area contributed by atoms with Crippen molar-refractivity contribution in [1.82, 2.24) is 10.4 Å². The van der Waals surface area contributed by atoms with Crippen LogP contribution in [0.1, 0.15) is 36.6 Å². The number of hydrogen-bond donors (Lipinski definition) is 1. The number of thiophene rings is 1. The number of nitro groups is 1. The molecule has 0 spiro atoms. The highest BCUT2D eigenvalue weighted by molar-refractivity contribution is 7.10. The van der Waals surface area contributed by atoms with Crippen molar-refractivity contribution in [2.45, 2.75) is 31.7 Å². The molecule has 0 saturated carbocycles. The molecule has 4 rings (SSSR count). The molecule has 0 aliphatic carbocycles. The van der Waals surface area contributed by atoms with Gasteiger partial charge >= 0.3 is 0 Å². The van der Waals surface area contributed by atoms with Crippen molar-refractivity contribution in [2.75, 3.05) is 18.1 Å². The van der Waals surface area contributed by atoms with Crippen molar-refractivity contribution in [2.24, 2.45) is 5.10 Å². The summed E-state index contributed by atoms with van der Waals surface area (Å²) in [4.78, 5) is 24.3. The highest BCUT2D eigenvalue weighted by Crippen LogP contribution is 2.42. The molecule has 30 heavy (non-hydrogen) atoms. The lowest BCUT2D eigenvalue weighted by Gasteiger charge is -2.26. The summed E-state index contributed by atoms with van der Waals surface area (Å²) < 4.78 is 0. The normalized spacial score (nSPS) is 19.6. The fourth-order valence-electron chi connectivity index (χ4n) is 3.58. The third kappa shape index (κ3) is 4.44. The van der Waals surface area contributed by atoms with Crippen LogP contribution in [0.5, 0.6) is 0 Å². The number of rotatable bonds is 5. The summed E-state index contributed by atoms with van der Waals surface area (Å²) in [7, 11) is 0. The molecule has 1 amide bonds. The molecule has 0 radical (unpaired) electrons. The van der Waals surface area contributed by atoms with E-state index in [1.165, 1.54) is 22.8 Å². The number of anilines is 1. The van der Waals surface area contributed by atoms with Crippen LogP contribution in [0.15, 0.2) is 34.7 Å². The summed E-state index contributed by atoms with van der Waals surface area (Å²) in [6.45, 7) is 1.62. The van der Waals surface area contributed by atoms with Gasteiger partial charge in [0.1, 0.15) is 5.71 Å². The first-order valence-corrected chi connectivity index (χ1v) is 11.2. The molecule has 1 fully saturated rings. The van der Waals surface area contributed by atoms with E-state index in [0.29, 0.717) is 27.9 Å². The summed E-state index contributed by atoms with van der Waals surface area (Å²) in [5.74, 6) is -0.263. The molecule has 1 atom stereocenters. The number of benzene rings is 1. The van der Waals surface area contributed by atoms with Gasteiger partial charge in [-0.3, -0.25) is 25.3 Å². The predicted octanol–water partition coefficient (Wildman–Crippen LogP) is 4.79. The van der Waals surface area contributed by atoms with E-state index in [4.69, 9.17) is 23.2 Å². The first-order chi connectivity index (χ1) is 14.4. The van der Waals surface area contributed by atoms with Gasteiger partial charge in [0, 0.05) is 35.5 Å². The average molecular weight is 468 g/mol. The van der Waals surface area contributed by atoms with E-state index >= 15 is 0 Å². The van der Waals surface area contributed by atoms with Crippen LogP contribution >= 0.6 is 34.5 Å². The van der Waals surface area contributed by atoms with Crippen LogP contribution in [0.2, 0.25) is 10.0 Å². The zero-order valence-electron chi connectivity index (χ0n) is 15.9. The number of hydrazine groups is 1. The molecule has 2 aliphatic heterocycles. The second-order valence-electron chi connectivity index (χ2n) is 7.16. The molecule has 158 valence electrons. The van der Waals surface area contributed by atoms with Crippen molar-refractivity contribution in [3.63, 3.8) is 0 Å². The van der Waals surface area contributed by atoms with E-state index in [9.17, 15) is 14.9 Å². The highest BCUT2D eigenvalue weighted by atomic mass is 35.5. The maximum atomic E-state index is 12.9. The Bertz CT molecular complexity index is 1010. The first kappa shape index (κ1) is 21.0. The number of hydrazone groups is 1. The average Bonchev–Trinajstić information content (AvgIpc) is 3.36. The minimum atomic E-state index is -0.431. The minimum absolute atomic E-state index is 0.0170. The molecule has 1 saturated heterocycles. The fourth-order valence-corrected chi connectivity index (χ4v) is 5.02. The Kier molecular flexibility index (Phi) is 6.24. The lowest BCUT2D eigenvalue weighted by molar-refractivity contribution is -0.384. The number of nitrogens with zero attached hydrogens (tertiary/aromatic N) is 4. The quantitative estimate of drug-likeness (QED) is 0.504. The summed E-state index contributed by atoms with van der Waals surface area (Å²) >= 11 is 13.7. The Morgan fingerprint density at radius 2 is 2.00 bits per heavy atom.